The number of hydrogen-bond acceptors (Lipinski definition) is 4. The van der Waals surface area contributed by atoms with Gasteiger partial charge in [0.05, 0.1) is 6.10 Å². The minimum absolute atomic E-state index is 0.165. The van der Waals surface area contributed by atoms with Crippen LogP contribution in [0, 0.1) is 0 Å². The maximum Gasteiger partial charge on any atom is 0.502 e. The molecule has 0 fully saturated rings. The molecule has 0 aliphatic rings. The molecule has 0 radical (unpaired) electrons. The van der Waals surface area contributed by atoms with E-state index in [1.807, 2.05) is 0 Å². The lowest BCUT2D eigenvalue weighted by molar-refractivity contribution is 0.0672. The Bertz CT molecular complexity index is 166. The summed E-state index contributed by atoms with van der Waals surface area (Å²) < 4.78 is 21.7. The van der Waals surface area contributed by atoms with Gasteiger partial charge in [-0.3, -0.25) is 0 Å². The van der Waals surface area contributed by atoms with E-state index in [0.717, 1.165) is 12.5 Å². The van der Waals surface area contributed by atoms with Crippen molar-refractivity contribution in [2.75, 3.05) is 28.4 Å². The Balaban J connectivity index is 4.08. The predicted molar refractivity (Wildman–Crippen MR) is 71.1 cm³/mol. The second kappa shape index (κ2) is 10.0. The van der Waals surface area contributed by atoms with Gasteiger partial charge in [-0.05, 0) is 6.42 Å². The summed E-state index contributed by atoms with van der Waals surface area (Å²) >= 11 is 0. The molecule has 0 aliphatic heterocycles. The molecule has 1 unspecified atom stereocenters. The highest BCUT2D eigenvalue weighted by Crippen LogP contribution is 2.20. The van der Waals surface area contributed by atoms with E-state index < -0.39 is 8.80 Å². The van der Waals surface area contributed by atoms with Crippen LogP contribution in [0.4, 0.5) is 0 Å². The Morgan fingerprint density at radius 2 is 1.47 bits per heavy atom. The lowest BCUT2D eigenvalue weighted by Crippen LogP contribution is -2.45. The van der Waals surface area contributed by atoms with Gasteiger partial charge >= 0.3 is 8.80 Å². The zero-order valence-corrected chi connectivity index (χ0v) is 13.0. The molecule has 0 rings (SSSR count). The first-order valence-corrected chi connectivity index (χ1v) is 8.29. The third kappa shape index (κ3) is 6.52. The SMILES string of the molecule is CCCCCCC(C[Si](OC)(OC)OC)OC. The van der Waals surface area contributed by atoms with Crippen LogP contribution < -0.4 is 0 Å². The van der Waals surface area contributed by atoms with Gasteiger partial charge in [-0.15, -0.1) is 0 Å². The van der Waals surface area contributed by atoms with E-state index >= 15 is 0 Å². The normalized spacial score (nSPS) is 13.9. The Hall–Kier alpha value is 0.0569. The molecule has 104 valence electrons. The van der Waals surface area contributed by atoms with Crippen molar-refractivity contribution in [2.45, 2.75) is 51.2 Å². The van der Waals surface area contributed by atoms with Crippen molar-refractivity contribution < 1.29 is 18.0 Å². The molecule has 0 saturated heterocycles. The zero-order chi connectivity index (χ0) is 13.1. The van der Waals surface area contributed by atoms with Crippen LogP contribution >= 0.6 is 0 Å². The monoisotopic (exact) mass is 264 g/mol. The number of hydrogen-bond donors (Lipinski definition) is 0. The smallest absolute Gasteiger partial charge is 0.381 e. The van der Waals surface area contributed by atoms with Gasteiger partial charge in [0.15, 0.2) is 0 Å². The molecule has 0 aromatic carbocycles. The molecule has 1 atom stereocenters. The van der Waals surface area contributed by atoms with Crippen LogP contribution in [0.1, 0.15) is 39.0 Å². The van der Waals surface area contributed by atoms with Crippen molar-refractivity contribution in [1.82, 2.24) is 0 Å². The molecular weight excluding hydrogens is 236 g/mol. The summed E-state index contributed by atoms with van der Waals surface area (Å²) in [5.74, 6) is 0. The van der Waals surface area contributed by atoms with Crippen LogP contribution in [0.3, 0.4) is 0 Å². The molecule has 0 N–H and O–H groups in total. The lowest BCUT2D eigenvalue weighted by atomic mass is 10.1. The molecule has 5 heteroatoms. The van der Waals surface area contributed by atoms with E-state index in [1.165, 1.54) is 25.7 Å². The molecule has 0 heterocycles. The summed E-state index contributed by atoms with van der Waals surface area (Å²) in [6.45, 7) is 2.21. The predicted octanol–water partition coefficient (Wildman–Crippen LogP) is 2.85. The quantitative estimate of drug-likeness (QED) is 0.425. The molecular formula is C12H28O4Si. The average molecular weight is 264 g/mol. The number of unbranched alkanes of at least 4 members (excludes halogenated alkanes) is 3. The fraction of sp³-hybridized carbons (Fsp3) is 1.00. The first kappa shape index (κ1) is 17.1. The standard InChI is InChI=1S/C12H28O4Si/c1-6-7-8-9-10-12(13-2)11-17(14-3,15-4)16-5/h12H,6-11H2,1-5H3. The van der Waals surface area contributed by atoms with Gasteiger partial charge in [0.25, 0.3) is 0 Å². The first-order chi connectivity index (χ1) is 8.17. The average Bonchev–Trinajstić information content (AvgIpc) is 2.39. The van der Waals surface area contributed by atoms with E-state index in [4.69, 9.17) is 18.0 Å². The fourth-order valence-electron chi connectivity index (χ4n) is 1.88. The van der Waals surface area contributed by atoms with Gasteiger partial charge in [-0.25, -0.2) is 0 Å². The van der Waals surface area contributed by atoms with Gasteiger partial charge in [-0.2, -0.15) is 0 Å². The summed E-state index contributed by atoms with van der Waals surface area (Å²) in [5, 5.41) is 0. The minimum atomic E-state index is -2.49. The Morgan fingerprint density at radius 1 is 0.882 bits per heavy atom. The van der Waals surface area contributed by atoms with Crippen molar-refractivity contribution in [3.8, 4) is 0 Å². The summed E-state index contributed by atoms with van der Waals surface area (Å²) in [7, 11) is 4.17. The summed E-state index contributed by atoms with van der Waals surface area (Å²) in [5.41, 5.74) is 0. The van der Waals surface area contributed by atoms with Crippen LogP contribution in [0.2, 0.25) is 6.04 Å². The van der Waals surface area contributed by atoms with E-state index in [9.17, 15) is 0 Å². The third-order valence-corrected chi connectivity index (χ3v) is 5.95. The van der Waals surface area contributed by atoms with Crippen molar-refractivity contribution in [1.29, 1.82) is 0 Å². The van der Waals surface area contributed by atoms with Gasteiger partial charge in [0, 0.05) is 34.5 Å². The summed E-state index contributed by atoms with van der Waals surface area (Å²) in [6.07, 6.45) is 6.20. The Morgan fingerprint density at radius 3 is 1.88 bits per heavy atom. The largest absolute Gasteiger partial charge is 0.502 e. The molecule has 0 saturated carbocycles. The molecule has 0 aliphatic carbocycles. The van der Waals surface area contributed by atoms with Gasteiger partial charge in [0.1, 0.15) is 0 Å². The second-order valence-corrected chi connectivity index (χ2v) is 7.21. The van der Waals surface area contributed by atoms with Crippen LogP contribution in [-0.2, 0) is 18.0 Å². The highest BCUT2D eigenvalue weighted by Gasteiger charge is 2.40. The topological polar surface area (TPSA) is 36.9 Å². The Labute approximate surface area is 107 Å². The van der Waals surface area contributed by atoms with E-state index in [0.29, 0.717) is 0 Å². The van der Waals surface area contributed by atoms with Gasteiger partial charge in [0.2, 0.25) is 0 Å². The summed E-state index contributed by atoms with van der Waals surface area (Å²) in [6, 6.07) is 0.721. The van der Waals surface area contributed by atoms with Crippen LogP contribution in [-0.4, -0.2) is 43.3 Å². The van der Waals surface area contributed by atoms with E-state index in [2.05, 4.69) is 6.92 Å². The Kier molecular flexibility index (Phi) is 10.1. The minimum Gasteiger partial charge on any atom is -0.381 e. The molecule has 4 nitrogen and oxygen atoms in total. The molecule has 17 heavy (non-hydrogen) atoms. The molecule has 0 spiro atoms. The number of ether oxygens (including phenoxy) is 1. The molecule has 0 aromatic rings. The third-order valence-electron chi connectivity index (χ3n) is 3.12. The zero-order valence-electron chi connectivity index (χ0n) is 12.0. The maximum atomic E-state index is 5.49. The van der Waals surface area contributed by atoms with Crippen molar-refractivity contribution in [3.05, 3.63) is 0 Å². The maximum absolute atomic E-state index is 5.49. The van der Waals surface area contributed by atoms with Crippen molar-refractivity contribution in [3.63, 3.8) is 0 Å². The van der Waals surface area contributed by atoms with Crippen LogP contribution in [0.15, 0.2) is 0 Å². The molecule has 0 aromatic heterocycles. The molecule has 0 amide bonds. The highest BCUT2D eigenvalue weighted by atomic mass is 28.4. The van der Waals surface area contributed by atoms with Crippen LogP contribution in [0.5, 0.6) is 0 Å². The lowest BCUT2D eigenvalue weighted by Gasteiger charge is -2.28. The van der Waals surface area contributed by atoms with Crippen molar-refractivity contribution >= 4 is 8.80 Å². The number of rotatable bonds is 11. The van der Waals surface area contributed by atoms with E-state index in [1.54, 1.807) is 28.4 Å². The number of methoxy groups -OCH3 is 1. The van der Waals surface area contributed by atoms with Crippen LogP contribution in [0.25, 0.3) is 0 Å². The molecule has 0 bridgehead atoms. The summed E-state index contributed by atoms with van der Waals surface area (Å²) in [4.78, 5) is 0. The fourth-order valence-corrected chi connectivity index (χ4v) is 3.81. The second-order valence-electron chi connectivity index (χ2n) is 4.21. The highest BCUT2D eigenvalue weighted by molar-refractivity contribution is 6.60. The van der Waals surface area contributed by atoms with Crippen molar-refractivity contribution in [2.24, 2.45) is 0 Å². The first-order valence-electron chi connectivity index (χ1n) is 6.36. The van der Waals surface area contributed by atoms with Gasteiger partial charge in [-0.1, -0.05) is 32.6 Å². The van der Waals surface area contributed by atoms with E-state index in [-0.39, 0.29) is 6.10 Å². The van der Waals surface area contributed by atoms with Gasteiger partial charge < -0.3 is 18.0 Å².